The van der Waals surface area contributed by atoms with Crippen LogP contribution in [0, 0.1) is 11.8 Å². The van der Waals surface area contributed by atoms with Crippen LogP contribution in [0.2, 0.25) is 0 Å². The Morgan fingerprint density at radius 2 is 2.00 bits per heavy atom. The molecule has 3 rings (SSSR count). The molecule has 1 aromatic carbocycles. The van der Waals surface area contributed by atoms with Crippen molar-refractivity contribution in [1.82, 2.24) is 15.2 Å². The molecule has 1 aliphatic rings. The molecule has 0 aliphatic heterocycles. The van der Waals surface area contributed by atoms with Gasteiger partial charge in [0, 0.05) is 11.5 Å². The van der Waals surface area contributed by atoms with Crippen LogP contribution in [0.15, 0.2) is 28.8 Å². The quantitative estimate of drug-likeness (QED) is 0.770. The standard InChI is InChI=1S/C16H16F3N3O3/c1-9-7-12(9)14(23)22(24-2)8-10-3-5-11(6-4-10)13-20-15(25-21-13)16(17,18)19/h3-6,9,12H,7-8H2,1-2H3. The van der Waals surface area contributed by atoms with E-state index in [0.29, 0.717) is 11.5 Å². The van der Waals surface area contributed by atoms with E-state index in [0.717, 1.165) is 12.0 Å². The van der Waals surface area contributed by atoms with Gasteiger partial charge in [0.15, 0.2) is 0 Å². The molecule has 0 bridgehead atoms. The Labute approximate surface area is 141 Å². The van der Waals surface area contributed by atoms with Crippen molar-refractivity contribution in [1.29, 1.82) is 0 Å². The highest BCUT2D eigenvalue weighted by Crippen LogP contribution is 2.39. The number of alkyl halides is 3. The maximum atomic E-state index is 12.5. The number of carbonyl (C=O) groups excluding carboxylic acids is 1. The highest BCUT2D eigenvalue weighted by Gasteiger charge is 2.42. The lowest BCUT2D eigenvalue weighted by Crippen LogP contribution is -2.31. The molecule has 9 heteroatoms. The highest BCUT2D eigenvalue weighted by molar-refractivity contribution is 5.80. The molecule has 0 saturated heterocycles. The second kappa shape index (κ2) is 6.47. The lowest BCUT2D eigenvalue weighted by Gasteiger charge is -2.20. The van der Waals surface area contributed by atoms with Crippen LogP contribution in [0.25, 0.3) is 11.4 Å². The Morgan fingerprint density at radius 1 is 1.36 bits per heavy atom. The van der Waals surface area contributed by atoms with Crippen LogP contribution in [-0.2, 0) is 22.4 Å². The summed E-state index contributed by atoms with van der Waals surface area (Å²) in [5.41, 5.74) is 1.15. The molecular weight excluding hydrogens is 339 g/mol. The third-order valence-electron chi connectivity index (χ3n) is 4.10. The van der Waals surface area contributed by atoms with Crippen molar-refractivity contribution in [2.24, 2.45) is 11.8 Å². The van der Waals surface area contributed by atoms with E-state index in [1.807, 2.05) is 6.92 Å². The zero-order valence-corrected chi connectivity index (χ0v) is 13.6. The molecule has 1 aromatic heterocycles. The zero-order valence-electron chi connectivity index (χ0n) is 13.6. The predicted molar refractivity (Wildman–Crippen MR) is 79.6 cm³/mol. The largest absolute Gasteiger partial charge is 0.471 e. The summed E-state index contributed by atoms with van der Waals surface area (Å²) < 4.78 is 41.7. The van der Waals surface area contributed by atoms with E-state index in [1.54, 1.807) is 24.3 Å². The van der Waals surface area contributed by atoms with Crippen LogP contribution >= 0.6 is 0 Å². The summed E-state index contributed by atoms with van der Waals surface area (Å²) >= 11 is 0. The second-order valence-electron chi connectivity index (χ2n) is 5.99. The van der Waals surface area contributed by atoms with E-state index < -0.39 is 12.1 Å². The molecule has 2 atom stereocenters. The molecule has 1 aliphatic carbocycles. The van der Waals surface area contributed by atoms with Gasteiger partial charge in [-0.25, -0.2) is 5.06 Å². The fourth-order valence-electron chi connectivity index (χ4n) is 2.46. The number of hydroxylamine groups is 2. The number of amides is 1. The number of hydrogen-bond donors (Lipinski definition) is 0. The Morgan fingerprint density at radius 3 is 2.48 bits per heavy atom. The minimum atomic E-state index is -4.68. The average molecular weight is 355 g/mol. The van der Waals surface area contributed by atoms with Gasteiger partial charge in [-0.15, -0.1) is 0 Å². The van der Waals surface area contributed by atoms with Crippen molar-refractivity contribution < 1.29 is 27.3 Å². The number of halogens is 3. The van der Waals surface area contributed by atoms with Crippen LogP contribution in [0.1, 0.15) is 24.8 Å². The Kier molecular flexibility index (Phi) is 4.51. The molecule has 1 fully saturated rings. The molecule has 0 spiro atoms. The van der Waals surface area contributed by atoms with Crippen LogP contribution in [0.3, 0.4) is 0 Å². The Balaban J connectivity index is 1.69. The fourth-order valence-corrected chi connectivity index (χ4v) is 2.46. The van der Waals surface area contributed by atoms with Gasteiger partial charge >= 0.3 is 12.1 Å². The van der Waals surface area contributed by atoms with Gasteiger partial charge in [0.25, 0.3) is 0 Å². The summed E-state index contributed by atoms with van der Waals surface area (Å²) in [4.78, 5) is 20.7. The van der Waals surface area contributed by atoms with Crippen LogP contribution in [0.5, 0.6) is 0 Å². The molecular formula is C16H16F3N3O3. The van der Waals surface area contributed by atoms with E-state index in [4.69, 9.17) is 4.84 Å². The molecule has 0 radical (unpaired) electrons. The first-order valence-electron chi connectivity index (χ1n) is 7.65. The normalized spacial score (nSPS) is 19.7. The molecule has 134 valence electrons. The minimum absolute atomic E-state index is 0.000608. The van der Waals surface area contributed by atoms with Gasteiger partial charge in [0.1, 0.15) is 0 Å². The molecule has 1 amide bonds. The SMILES string of the molecule is CON(Cc1ccc(-c2noc(C(F)(F)F)n2)cc1)C(=O)C1CC1C. The van der Waals surface area contributed by atoms with Crippen molar-refractivity contribution in [3.8, 4) is 11.4 Å². The van der Waals surface area contributed by atoms with Crippen LogP contribution in [0.4, 0.5) is 13.2 Å². The lowest BCUT2D eigenvalue weighted by atomic mass is 10.1. The third kappa shape index (κ3) is 3.81. The second-order valence-corrected chi connectivity index (χ2v) is 5.99. The summed E-state index contributed by atoms with van der Waals surface area (Å²) in [5.74, 6) is -1.23. The van der Waals surface area contributed by atoms with Gasteiger partial charge in [-0.2, -0.15) is 18.2 Å². The molecule has 1 heterocycles. The van der Waals surface area contributed by atoms with E-state index >= 15 is 0 Å². The first-order chi connectivity index (χ1) is 11.8. The van der Waals surface area contributed by atoms with E-state index in [9.17, 15) is 18.0 Å². The van der Waals surface area contributed by atoms with Crippen molar-refractivity contribution in [2.75, 3.05) is 7.11 Å². The van der Waals surface area contributed by atoms with E-state index in [-0.39, 0.29) is 24.2 Å². The number of rotatable bonds is 5. The summed E-state index contributed by atoms with van der Waals surface area (Å²) in [7, 11) is 1.43. The third-order valence-corrected chi connectivity index (χ3v) is 4.10. The summed E-state index contributed by atoms with van der Waals surface area (Å²) in [5, 5.41) is 4.62. The maximum Gasteiger partial charge on any atom is 0.471 e. The van der Waals surface area contributed by atoms with Crippen LogP contribution in [-0.4, -0.2) is 28.2 Å². The molecule has 0 N–H and O–H groups in total. The minimum Gasteiger partial charge on any atom is -0.329 e. The van der Waals surface area contributed by atoms with Gasteiger partial charge in [0.2, 0.25) is 11.7 Å². The van der Waals surface area contributed by atoms with Gasteiger partial charge in [0.05, 0.1) is 13.7 Å². The van der Waals surface area contributed by atoms with Crippen molar-refractivity contribution in [3.63, 3.8) is 0 Å². The van der Waals surface area contributed by atoms with Gasteiger partial charge in [-0.3, -0.25) is 9.63 Å². The summed E-state index contributed by atoms with van der Waals surface area (Å²) in [6, 6.07) is 6.49. The number of carbonyl (C=O) groups is 1. The Bertz CT molecular complexity index is 758. The fraction of sp³-hybridized carbons (Fsp3) is 0.438. The molecule has 2 aromatic rings. The topological polar surface area (TPSA) is 68.5 Å². The summed E-state index contributed by atoms with van der Waals surface area (Å²) in [6.45, 7) is 2.25. The van der Waals surface area contributed by atoms with Gasteiger partial charge in [-0.05, 0) is 17.9 Å². The lowest BCUT2D eigenvalue weighted by molar-refractivity contribution is -0.181. The zero-order chi connectivity index (χ0) is 18.2. The van der Waals surface area contributed by atoms with Crippen molar-refractivity contribution in [3.05, 3.63) is 35.7 Å². The molecule has 25 heavy (non-hydrogen) atoms. The van der Waals surface area contributed by atoms with Crippen molar-refractivity contribution >= 4 is 5.91 Å². The number of nitrogens with zero attached hydrogens (tertiary/aromatic N) is 3. The van der Waals surface area contributed by atoms with Gasteiger partial charge < -0.3 is 4.52 Å². The first-order valence-corrected chi connectivity index (χ1v) is 7.65. The van der Waals surface area contributed by atoms with Crippen molar-refractivity contribution in [2.45, 2.75) is 26.1 Å². The highest BCUT2D eigenvalue weighted by atomic mass is 19.4. The average Bonchev–Trinajstić information content (AvgIpc) is 3.09. The maximum absolute atomic E-state index is 12.5. The Hall–Kier alpha value is -2.42. The number of benzene rings is 1. The van der Waals surface area contributed by atoms with Crippen LogP contribution < -0.4 is 0 Å². The molecule has 1 saturated carbocycles. The number of hydrogen-bond acceptors (Lipinski definition) is 5. The summed E-state index contributed by atoms with van der Waals surface area (Å²) in [6.07, 6.45) is -3.82. The molecule has 2 unspecified atom stereocenters. The smallest absolute Gasteiger partial charge is 0.329 e. The number of aromatic nitrogens is 2. The molecule has 6 nitrogen and oxygen atoms in total. The van der Waals surface area contributed by atoms with E-state index in [2.05, 4.69) is 14.7 Å². The first kappa shape index (κ1) is 17.4. The monoisotopic (exact) mass is 355 g/mol. The van der Waals surface area contributed by atoms with Gasteiger partial charge in [-0.1, -0.05) is 36.3 Å². The van der Waals surface area contributed by atoms with E-state index in [1.165, 1.54) is 12.2 Å². The predicted octanol–water partition coefficient (Wildman–Crippen LogP) is 3.30.